The highest BCUT2D eigenvalue weighted by Crippen LogP contribution is 2.22. The number of aliphatic hydroxyl groups excluding tert-OH is 1. The lowest BCUT2D eigenvalue weighted by Gasteiger charge is -2.18. The third kappa shape index (κ3) is 4.31. The van der Waals surface area contributed by atoms with Gasteiger partial charge in [-0.3, -0.25) is 0 Å². The highest BCUT2D eigenvalue weighted by Gasteiger charge is 2.12. The van der Waals surface area contributed by atoms with Crippen LogP contribution in [0.25, 0.3) is 0 Å². The van der Waals surface area contributed by atoms with E-state index < -0.39 is 5.97 Å². The number of carbonyl (C=O) groups is 1. The van der Waals surface area contributed by atoms with Crippen LogP contribution in [0.3, 0.4) is 0 Å². The molecule has 0 saturated carbocycles. The Morgan fingerprint density at radius 2 is 1.90 bits per heavy atom. The van der Waals surface area contributed by atoms with Crippen LogP contribution in [-0.4, -0.2) is 28.8 Å². The van der Waals surface area contributed by atoms with Crippen molar-refractivity contribution in [1.29, 1.82) is 0 Å². The van der Waals surface area contributed by atoms with Gasteiger partial charge in [-0.25, -0.2) is 4.79 Å². The molecule has 110 valence electrons. The molecule has 0 bridgehead atoms. The van der Waals surface area contributed by atoms with E-state index in [2.05, 4.69) is 21.2 Å². The summed E-state index contributed by atoms with van der Waals surface area (Å²) in [6.45, 7) is -0.00675. The van der Waals surface area contributed by atoms with Crippen molar-refractivity contribution in [2.24, 2.45) is 0 Å². The van der Waals surface area contributed by atoms with Gasteiger partial charge in [-0.05, 0) is 46.1 Å². The number of rotatable bonds is 6. The molecule has 0 aliphatic rings. The van der Waals surface area contributed by atoms with Crippen LogP contribution in [0.4, 0.5) is 5.69 Å². The highest BCUT2D eigenvalue weighted by molar-refractivity contribution is 9.10. The number of aromatic carboxylic acids is 1. The largest absolute Gasteiger partial charge is 0.478 e. The van der Waals surface area contributed by atoms with Gasteiger partial charge < -0.3 is 15.5 Å². The highest BCUT2D eigenvalue weighted by atomic mass is 79.9. The van der Waals surface area contributed by atoms with Crippen LogP contribution in [0, 0.1) is 0 Å². The van der Waals surface area contributed by atoms with E-state index in [1.54, 1.807) is 12.1 Å². The van der Waals surface area contributed by atoms with Crippen molar-refractivity contribution >= 4 is 27.6 Å². The number of carboxylic acids is 1. The predicted molar refractivity (Wildman–Crippen MR) is 85.7 cm³/mol. The fraction of sp³-hybridized carbons (Fsp3) is 0.188. The lowest BCUT2D eigenvalue weighted by Crippen LogP contribution is -2.26. The number of hydrogen-bond acceptors (Lipinski definition) is 3. The number of hydrogen-bond donors (Lipinski definition) is 3. The average Bonchev–Trinajstić information content (AvgIpc) is 2.47. The van der Waals surface area contributed by atoms with Gasteiger partial charge in [0, 0.05) is 10.2 Å². The summed E-state index contributed by atoms with van der Waals surface area (Å²) in [5.41, 5.74) is 2.11. The van der Waals surface area contributed by atoms with Gasteiger partial charge >= 0.3 is 5.97 Å². The second-order valence-electron chi connectivity index (χ2n) is 4.71. The number of benzene rings is 2. The SMILES string of the molecule is O=C(O)c1ccc(NC(CO)Cc2ccccc2)cc1Br. The molecule has 5 heteroatoms. The summed E-state index contributed by atoms with van der Waals surface area (Å²) >= 11 is 3.24. The molecule has 0 aromatic heterocycles. The third-order valence-electron chi connectivity index (χ3n) is 3.12. The van der Waals surface area contributed by atoms with Gasteiger partial charge in [0.05, 0.1) is 18.2 Å². The average molecular weight is 350 g/mol. The van der Waals surface area contributed by atoms with Crippen LogP contribution in [0.2, 0.25) is 0 Å². The van der Waals surface area contributed by atoms with Gasteiger partial charge in [0.2, 0.25) is 0 Å². The van der Waals surface area contributed by atoms with E-state index in [1.807, 2.05) is 30.3 Å². The van der Waals surface area contributed by atoms with E-state index in [-0.39, 0.29) is 18.2 Å². The fourth-order valence-corrected chi connectivity index (χ4v) is 2.62. The first-order valence-electron chi connectivity index (χ1n) is 6.54. The Labute approximate surface area is 131 Å². The first-order valence-corrected chi connectivity index (χ1v) is 7.33. The second kappa shape index (κ2) is 7.24. The summed E-state index contributed by atoms with van der Waals surface area (Å²) in [7, 11) is 0. The van der Waals surface area contributed by atoms with Crippen LogP contribution in [0.15, 0.2) is 53.0 Å². The van der Waals surface area contributed by atoms with Gasteiger partial charge in [0.1, 0.15) is 0 Å². The normalized spacial score (nSPS) is 11.9. The summed E-state index contributed by atoms with van der Waals surface area (Å²) in [4.78, 5) is 11.0. The topological polar surface area (TPSA) is 69.6 Å². The molecule has 0 radical (unpaired) electrons. The van der Waals surface area contributed by atoms with E-state index in [0.717, 1.165) is 11.3 Å². The second-order valence-corrected chi connectivity index (χ2v) is 5.57. The molecule has 0 aliphatic carbocycles. The molecule has 1 unspecified atom stereocenters. The zero-order chi connectivity index (χ0) is 15.2. The molecular formula is C16H16BrNO3. The molecule has 21 heavy (non-hydrogen) atoms. The number of aliphatic hydroxyl groups is 1. The van der Waals surface area contributed by atoms with Gasteiger partial charge in [0.25, 0.3) is 0 Å². The fourth-order valence-electron chi connectivity index (χ4n) is 2.07. The maximum absolute atomic E-state index is 11.0. The molecule has 4 nitrogen and oxygen atoms in total. The summed E-state index contributed by atoms with van der Waals surface area (Å²) in [6.07, 6.45) is 0.690. The minimum Gasteiger partial charge on any atom is -0.478 e. The van der Waals surface area contributed by atoms with Crippen LogP contribution in [0.5, 0.6) is 0 Å². The van der Waals surface area contributed by atoms with Crippen molar-refractivity contribution in [3.05, 3.63) is 64.1 Å². The quantitative estimate of drug-likeness (QED) is 0.749. The first-order chi connectivity index (χ1) is 10.1. The van der Waals surface area contributed by atoms with Crippen molar-refractivity contribution in [3.8, 4) is 0 Å². The Balaban J connectivity index is 2.08. The standard InChI is InChI=1S/C16H16BrNO3/c17-15-9-12(6-7-14(15)16(20)21)18-13(10-19)8-11-4-2-1-3-5-11/h1-7,9,13,18-19H,8,10H2,(H,20,21). The van der Waals surface area contributed by atoms with E-state index in [1.165, 1.54) is 6.07 Å². The van der Waals surface area contributed by atoms with Crippen LogP contribution < -0.4 is 5.32 Å². The molecule has 0 spiro atoms. The zero-order valence-corrected chi connectivity index (χ0v) is 12.9. The molecule has 2 aromatic rings. The molecule has 0 fully saturated rings. The van der Waals surface area contributed by atoms with Crippen molar-refractivity contribution in [2.45, 2.75) is 12.5 Å². The van der Waals surface area contributed by atoms with Crippen LogP contribution in [0.1, 0.15) is 15.9 Å². The van der Waals surface area contributed by atoms with Crippen molar-refractivity contribution in [3.63, 3.8) is 0 Å². The van der Waals surface area contributed by atoms with E-state index >= 15 is 0 Å². The molecule has 3 N–H and O–H groups in total. The van der Waals surface area contributed by atoms with Crippen LogP contribution >= 0.6 is 15.9 Å². The molecule has 0 saturated heterocycles. The smallest absolute Gasteiger partial charge is 0.336 e. The number of nitrogens with one attached hydrogen (secondary N) is 1. The zero-order valence-electron chi connectivity index (χ0n) is 11.3. The van der Waals surface area contributed by atoms with Gasteiger partial charge in [-0.2, -0.15) is 0 Å². The lowest BCUT2D eigenvalue weighted by atomic mass is 10.1. The van der Waals surface area contributed by atoms with Crippen molar-refractivity contribution in [2.75, 3.05) is 11.9 Å². The van der Waals surface area contributed by atoms with Crippen molar-refractivity contribution < 1.29 is 15.0 Å². The molecular weight excluding hydrogens is 334 g/mol. The third-order valence-corrected chi connectivity index (χ3v) is 3.77. The summed E-state index contributed by atoms with van der Waals surface area (Å²) in [6, 6.07) is 14.7. The maximum atomic E-state index is 11.0. The van der Waals surface area contributed by atoms with Gasteiger partial charge in [-0.15, -0.1) is 0 Å². The van der Waals surface area contributed by atoms with Crippen molar-refractivity contribution in [1.82, 2.24) is 0 Å². The summed E-state index contributed by atoms with van der Waals surface area (Å²) in [5, 5.41) is 21.7. The predicted octanol–water partition coefficient (Wildman–Crippen LogP) is 3.16. The number of halogens is 1. The summed E-state index contributed by atoms with van der Waals surface area (Å²) in [5.74, 6) is -0.976. The monoisotopic (exact) mass is 349 g/mol. The molecule has 0 amide bonds. The Morgan fingerprint density at radius 3 is 2.48 bits per heavy atom. The van der Waals surface area contributed by atoms with E-state index in [0.29, 0.717) is 10.9 Å². The maximum Gasteiger partial charge on any atom is 0.336 e. The molecule has 0 aliphatic heterocycles. The molecule has 2 aromatic carbocycles. The minimum atomic E-state index is -0.976. The van der Waals surface area contributed by atoms with E-state index in [4.69, 9.17) is 5.11 Å². The molecule has 2 rings (SSSR count). The van der Waals surface area contributed by atoms with Gasteiger partial charge in [0.15, 0.2) is 0 Å². The summed E-state index contributed by atoms with van der Waals surface area (Å²) < 4.78 is 0.511. The molecule has 1 atom stereocenters. The Kier molecular flexibility index (Phi) is 5.36. The lowest BCUT2D eigenvalue weighted by molar-refractivity contribution is 0.0696. The minimum absolute atomic E-state index is 0.00675. The Hall–Kier alpha value is -1.85. The Morgan fingerprint density at radius 1 is 1.19 bits per heavy atom. The number of carboxylic acid groups (broad SMARTS) is 1. The Bertz CT molecular complexity index is 616. The number of anilines is 1. The molecule has 0 heterocycles. The first kappa shape index (κ1) is 15.5. The van der Waals surface area contributed by atoms with Crippen LogP contribution in [-0.2, 0) is 6.42 Å². The van der Waals surface area contributed by atoms with Gasteiger partial charge in [-0.1, -0.05) is 30.3 Å². The van der Waals surface area contributed by atoms with E-state index in [9.17, 15) is 9.90 Å².